The number of thiazole rings is 1. The number of carbonyl (C=O) groups excluding carboxylic acids is 1. The van der Waals surface area contributed by atoms with Crippen LogP contribution in [0.5, 0.6) is 0 Å². The fourth-order valence-electron chi connectivity index (χ4n) is 3.76. The van der Waals surface area contributed by atoms with Gasteiger partial charge in [-0.1, -0.05) is 23.5 Å². The van der Waals surface area contributed by atoms with E-state index in [1.807, 2.05) is 0 Å². The highest BCUT2D eigenvalue weighted by Gasteiger charge is 2.33. The molecule has 0 saturated carbocycles. The maximum Gasteiger partial charge on any atom is 0.252 e. The number of nitrogens with zero attached hydrogens (tertiary/aromatic N) is 3. The van der Waals surface area contributed by atoms with Gasteiger partial charge in [0.05, 0.1) is 21.0 Å². The quantitative estimate of drug-likeness (QED) is 0.460. The van der Waals surface area contributed by atoms with Gasteiger partial charge in [0.2, 0.25) is 0 Å². The molecule has 4 rings (SSSR count). The van der Waals surface area contributed by atoms with Crippen molar-refractivity contribution in [3.8, 4) is 0 Å². The molecule has 1 atom stereocenters. The third-order valence-electron chi connectivity index (χ3n) is 5.42. The lowest BCUT2D eigenvalue weighted by Gasteiger charge is -2.29. The molecule has 0 aliphatic carbocycles. The normalized spacial score (nSPS) is 18.6. The minimum Gasteiger partial charge on any atom is -0.313 e. The van der Waals surface area contributed by atoms with Crippen LogP contribution in [0.2, 0.25) is 0 Å². The van der Waals surface area contributed by atoms with Gasteiger partial charge in [-0.05, 0) is 42.5 Å². The Morgan fingerprint density at radius 2 is 2.06 bits per heavy atom. The lowest BCUT2D eigenvalue weighted by atomic mass is 9.99. The second-order valence-electron chi connectivity index (χ2n) is 7.77. The zero-order valence-electron chi connectivity index (χ0n) is 17.9. The van der Waals surface area contributed by atoms with Gasteiger partial charge in [0.25, 0.3) is 15.9 Å². The molecule has 1 aliphatic rings. The molecule has 3 aromatic rings. The highest BCUT2D eigenvalue weighted by molar-refractivity contribution is 7.91. The largest absolute Gasteiger partial charge is 0.313 e. The van der Waals surface area contributed by atoms with Gasteiger partial charge in [-0.15, -0.1) is 17.9 Å². The van der Waals surface area contributed by atoms with E-state index in [2.05, 4.69) is 11.6 Å². The number of fused-ring (bicyclic) bond motifs is 1. The van der Waals surface area contributed by atoms with Crippen molar-refractivity contribution in [2.75, 3.05) is 19.3 Å². The van der Waals surface area contributed by atoms with Crippen LogP contribution in [0.1, 0.15) is 12.8 Å². The Morgan fingerprint density at radius 1 is 1.27 bits per heavy atom. The SMILES string of the molecule is C=CCn1c(=NC(=O)C2CCCN(S(=O)(=O)c3cccs3)C2)sc2cc(S(C)(=O)=O)ccc21. The molecule has 1 saturated heterocycles. The monoisotopic (exact) mass is 525 g/mol. The van der Waals surface area contributed by atoms with Crippen LogP contribution in [0.15, 0.2) is 62.5 Å². The lowest BCUT2D eigenvalue weighted by Crippen LogP contribution is -2.42. The fraction of sp³-hybridized carbons (Fsp3) is 0.333. The number of piperidine rings is 1. The average Bonchev–Trinajstić information content (AvgIpc) is 3.42. The molecule has 3 heterocycles. The molecule has 33 heavy (non-hydrogen) atoms. The Morgan fingerprint density at radius 3 is 2.73 bits per heavy atom. The van der Waals surface area contributed by atoms with Crippen molar-refractivity contribution >= 4 is 58.7 Å². The zero-order valence-corrected chi connectivity index (χ0v) is 21.1. The number of aromatic nitrogens is 1. The Balaban J connectivity index is 1.68. The van der Waals surface area contributed by atoms with Crippen molar-refractivity contribution in [2.24, 2.45) is 10.9 Å². The van der Waals surface area contributed by atoms with Gasteiger partial charge in [-0.25, -0.2) is 16.8 Å². The van der Waals surface area contributed by atoms with Gasteiger partial charge in [0.15, 0.2) is 14.6 Å². The number of thiophene rings is 1. The van der Waals surface area contributed by atoms with Crippen molar-refractivity contribution < 1.29 is 21.6 Å². The van der Waals surface area contributed by atoms with Crippen LogP contribution in [0.25, 0.3) is 10.2 Å². The van der Waals surface area contributed by atoms with E-state index in [-0.39, 0.29) is 21.6 Å². The summed E-state index contributed by atoms with van der Waals surface area (Å²) < 4.78 is 53.7. The van der Waals surface area contributed by atoms with Crippen LogP contribution in [0.3, 0.4) is 0 Å². The van der Waals surface area contributed by atoms with Crippen LogP contribution in [-0.4, -0.2) is 51.0 Å². The standard InChI is InChI=1S/C21H23N3O5S4/c1-3-10-24-17-9-8-16(32(2,26)27)13-18(17)31-21(24)22-20(25)15-6-4-11-23(14-15)33(28,29)19-7-5-12-30-19/h3,5,7-9,12-13,15H,1,4,6,10-11,14H2,2H3. The number of hydrogen-bond donors (Lipinski definition) is 0. The van der Waals surface area contributed by atoms with Crippen LogP contribution >= 0.6 is 22.7 Å². The van der Waals surface area contributed by atoms with Gasteiger partial charge < -0.3 is 4.57 Å². The number of sulfonamides is 1. The van der Waals surface area contributed by atoms with E-state index in [4.69, 9.17) is 0 Å². The summed E-state index contributed by atoms with van der Waals surface area (Å²) in [6, 6.07) is 8.06. The molecule has 0 bridgehead atoms. The molecule has 2 aromatic heterocycles. The van der Waals surface area contributed by atoms with E-state index in [0.717, 1.165) is 23.1 Å². The first kappa shape index (κ1) is 24.0. The van der Waals surface area contributed by atoms with Gasteiger partial charge in [0, 0.05) is 25.9 Å². The third-order valence-corrected chi connectivity index (χ3v) is 10.8. The maximum atomic E-state index is 13.1. The molecular weight excluding hydrogens is 503 g/mol. The molecular formula is C21H23N3O5S4. The van der Waals surface area contributed by atoms with Crippen molar-refractivity contribution in [3.05, 3.63) is 53.2 Å². The summed E-state index contributed by atoms with van der Waals surface area (Å²) in [6.45, 7) is 4.62. The molecule has 1 aliphatic heterocycles. The number of carbonyl (C=O) groups is 1. The third kappa shape index (κ3) is 4.90. The molecule has 176 valence electrons. The van der Waals surface area contributed by atoms with E-state index in [1.165, 1.54) is 21.7 Å². The predicted molar refractivity (Wildman–Crippen MR) is 129 cm³/mol. The summed E-state index contributed by atoms with van der Waals surface area (Å²) >= 11 is 2.38. The molecule has 1 amide bonds. The van der Waals surface area contributed by atoms with Gasteiger partial charge in [-0.2, -0.15) is 9.30 Å². The van der Waals surface area contributed by atoms with Gasteiger partial charge >= 0.3 is 0 Å². The summed E-state index contributed by atoms with van der Waals surface area (Å²) in [7, 11) is -7.00. The summed E-state index contributed by atoms with van der Waals surface area (Å²) in [4.78, 5) is 18.0. The summed E-state index contributed by atoms with van der Waals surface area (Å²) in [6.07, 6.45) is 3.96. The number of rotatable bonds is 6. The van der Waals surface area contributed by atoms with E-state index in [9.17, 15) is 21.6 Å². The van der Waals surface area contributed by atoms with Crippen LogP contribution in [0.4, 0.5) is 0 Å². The van der Waals surface area contributed by atoms with E-state index in [0.29, 0.717) is 35.4 Å². The highest BCUT2D eigenvalue weighted by atomic mass is 32.2. The van der Waals surface area contributed by atoms with Crippen LogP contribution in [0, 0.1) is 5.92 Å². The van der Waals surface area contributed by atoms with E-state index in [1.54, 1.807) is 40.3 Å². The average molecular weight is 526 g/mol. The van der Waals surface area contributed by atoms with Crippen molar-refractivity contribution in [1.82, 2.24) is 8.87 Å². The van der Waals surface area contributed by atoms with Crippen LogP contribution in [-0.2, 0) is 31.2 Å². The molecule has 0 spiro atoms. The second-order valence-corrected chi connectivity index (χ2v) is 13.9. The Hall–Kier alpha value is -2.12. The van der Waals surface area contributed by atoms with Gasteiger partial charge in [0.1, 0.15) is 4.21 Å². The first-order chi connectivity index (χ1) is 15.6. The molecule has 1 unspecified atom stereocenters. The molecule has 0 radical (unpaired) electrons. The summed E-state index contributed by atoms with van der Waals surface area (Å²) in [5, 5.41) is 1.71. The fourth-order valence-corrected chi connectivity index (χ4v) is 8.23. The van der Waals surface area contributed by atoms with Crippen molar-refractivity contribution in [1.29, 1.82) is 0 Å². The minimum atomic E-state index is -3.63. The highest BCUT2D eigenvalue weighted by Crippen LogP contribution is 2.27. The molecule has 0 N–H and O–H groups in total. The number of sulfone groups is 1. The number of benzene rings is 1. The minimum absolute atomic E-state index is 0.0904. The smallest absolute Gasteiger partial charge is 0.252 e. The predicted octanol–water partition coefficient (Wildman–Crippen LogP) is 2.88. The Kier molecular flexibility index (Phi) is 6.74. The van der Waals surface area contributed by atoms with Crippen LogP contribution < -0.4 is 4.80 Å². The van der Waals surface area contributed by atoms with Gasteiger partial charge in [-0.3, -0.25) is 4.79 Å². The zero-order chi connectivity index (χ0) is 23.8. The number of amides is 1. The molecule has 8 nitrogen and oxygen atoms in total. The lowest BCUT2D eigenvalue weighted by molar-refractivity contribution is -0.122. The molecule has 1 fully saturated rings. The van der Waals surface area contributed by atoms with E-state index < -0.39 is 25.8 Å². The van der Waals surface area contributed by atoms with Crippen molar-refractivity contribution in [2.45, 2.75) is 28.5 Å². The number of allylic oxidation sites excluding steroid dienone is 1. The maximum absolute atomic E-state index is 13.1. The molecule has 12 heteroatoms. The Bertz CT molecular complexity index is 1480. The summed E-state index contributed by atoms with van der Waals surface area (Å²) in [5.74, 6) is -0.920. The van der Waals surface area contributed by atoms with E-state index >= 15 is 0 Å². The Labute approximate surface area is 200 Å². The number of hydrogen-bond acceptors (Lipinski definition) is 7. The summed E-state index contributed by atoms with van der Waals surface area (Å²) in [5.41, 5.74) is 0.754. The first-order valence-electron chi connectivity index (χ1n) is 10.2. The molecule has 1 aromatic carbocycles. The second kappa shape index (κ2) is 9.26. The first-order valence-corrected chi connectivity index (χ1v) is 15.2. The topological polar surface area (TPSA) is 106 Å². The van der Waals surface area contributed by atoms with Crippen molar-refractivity contribution in [3.63, 3.8) is 0 Å².